The number of carbonyl (C=O) groups excluding carboxylic acids is 1. The molecular formula is C19H26N6O. The first-order valence-corrected chi connectivity index (χ1v) is 9.35. The van der Waals surface area contributed by atoms with Crippen molar-refractivity contribution in [2.45, 2.75) is 64.0 Å². The van der Waals surface area contributed by atoms with Crippen LogP contribution in [0.25, 0.3) is 0 Å². The van der Waals surface area contributed by atoms with Crippen molar-refractivity contribution in [3.05, 3.63) is 35.3 Å². The molecule has 2 aromatic heterocycles. The highest BCUT2D eigenvalue weighted by molar-refractivity contribution is 5.93. The van der Waals surface area contributed by atoms with Crippen molar-refractivity contribution < 1.29 is 4.79 Å². The molecule has 4 rings (SSSR count). The van der Waals surface area contributed by atoms with E-state index in [-0.39, 0.29) is 17.5 Å². The fraction of sp³-hybridized carbons (Fsp3) is 0.579. The molecule has 26 heavy (non-hydrogen) atoms. The molecule has 0 bridgehead atoms. The Balaban J connectivity index is 1.63. The Bertz CT molecular complexity index is 816. The van der Waals surface area contributed by atoms with E-state index in [1.807, 2.05) is 21.7 Å². The smallest absolute Gasteiger partial charge is 0.274 e. The monoisotopic (exact) mass is 354 g/mol. The maximum absolute atomic E-state index is 13.2. The summed E-state index contributed by atoms with van der Waals surface area (Å²) in [6, 6.07) is 5.54. The van der Waals surface area contributed by atoms with E-state index in [0.717, 1.165) is 25.1 Å². The molecule has 2 fully saturated rings. The highest BCUT2D eigenvalue weighted by Gasteiger charge is 2.36. The van der Waals surface area contributed by atoms with Gasteiger partial charge in [-0.25, -0.2) is 0 Å². The SMILES string of the molecule is CC(C)(C)n1nc(C(=O)N2CCCC2c2ccc(N)nn2)cc1C1CC1. The van der Waals surface area contributed by atoms with Gasteiger partial charge in [-0.1, -0.05) is 0 Å². The Morgan fingerprint density at radius 3 is 2.58 bits per heavy atom. The average Bonchev–Trinajstić information content (AvgIpc) is 3.15. The van der Waals surface area contributed by atoms with Crippen LogP contribution in [-0.4, -0.2) is 37.3 Å². The second kappa shape index (κ2) is 6.07. The summed E-state index contributed by atoms with van der Waals surface area (Å²) in [4.78, 5) is 15.1. The van der Waals surface area contributed by atoms with Gasteiger partial charge in [0.15, 0.2) is 5.69 Å². The molecule has 1 aliphatic heterocycles. The van der Waals surface area contributed by atoms with Gasteiger partial charge in [0.05, 0.1) is 17.3 Å². The van der Waals surface area contributed by atoms with Crippen molar-refractivity contribution in [2.24, 2.45) is 0 Å². The lowest BCUT2D eigenvalue weighted by Crippen LogP contribution is -2.32. The lowest BCUT2D eigenvalue weighted by atomic mass is 10.1. The number of nitrogens with zero attached hydrogens (tertiary/aromatic N) is 5. The van der Waals surface area contributed by atoms with Crippen LogP contribution in [0.15, 0.2) is 18.2 Å². The highest BCUT2D eigenvalue weighted by atomic mass is 16.2. The fourth-order valence-electron chi connectivity index (χ4n) is 3.70. The van der Waals surface area contributed by atoms with E-state index < -0.39 is 0 Å². The molecule has 1 saturated heterocycles. The van der Waals surface area contributed by atoms with Crippen molar-refractivity contribution in [3.63, 3.8) is 0 Å². The van der Waals surface area contributed by atoms with Gasteiger partial charge < -0.3 is 10.6 Å². The van der Waals surface area contributed by atoms with Crippen LogP contribution < -0.4 is 5.73 Å². The molecule has 0 radical (unpaired) electrons. The first-order chi connectivity index (χ1) is 12.3. The molecule has 1 atom stereocenters. The van der Waals surface area contributed by atoms with E-state index in [9.17, 15) is 4.79 Å². The predicted molar refractivity (Wildman–Crippen MR) is 98.7 cm³/mol. The minimum Gasteiger partial charge on any atom is -0.382 e. The number of anilines is 1. The first kappa shape index (κ1) is 17.0. The van der Waals surface area contributed by atoms with Crippen LogP contribution in [0, 0.1) is 0 Å². The first-order valence-electron chi connectivity index (χ1n) is 9.35. The van der Waals surface area contributed by atoms with Gasteiger partial charge in [-0.05, 0) is 64.7 Å². The summed E-state index contributed by atoms with van der Waals surface area (Å²) in [6.07, 6.45) is 4.21. The zero-order valence-electron chi connectivity index (χ0n) is 15.6. The Morgan fingerprint density at radius 1 is 1.19 bits per heavy atom. The van der Waals surface area contributed by atoms with E-state index in [2.05, 4.69) is 31.0 Å². The second-order valence-corrected chi connectivity index (χ2v) is 8.35. The molecule has 7 nitrogen and oxygen atoms in total. The van der Waals surface area contributed by atoms with Crippen LogP contribution in [0.2, 0.25) is 0 Å². The number of hydrogen-bond donors (Lipinski definition) is 1. The van der Waals surface area contributed by atoms with Gasteiger partial charge >= 0.3 is 0 Å². The average molecular weight is 354 g/mol. The van der Waals surface area contributed by atoms with Crippen LogP contribution >= 0.6 is 0 Å². The van der Waals surface area contributed by atoms with E-state index >= 15 is 0 Å². The van der Waals surface area contributed by atoms with Gasteiger partial charge in [0.25, 0.3) is 5.91 Å². The third-order valence-corrected chi connectivity index (χ3v) is 5.15. The molecule has 0 aromatic carbocycles. The molecule has 138 valence electrons. The van der Waals surface area contributed by atoms with E-state index in [0.29, 0.717) is 17.4 Å². The second-order valence-electron chi connectivity index (χ2n) is 8.35. The summed E-state index contributed by atoms with van der Waals surface area (Å²) in [7, 11) is 0. The summed E-state index contributed by atoms with van der Waals surface area (Å²) in [5, 5.41) is 12.8. The third-order valence-electron chi connectivity index (χ3n) is 5.15. The van der Waals surface area contributed by atoms with Gasteiger partial charge in [-0.2, -0.15) is 10.2 Å². The summed E-state index contributed by atoms with van der Waals surface area (Å²) >= 11 is 0. The lowest BCUT2D eigenvalue weighted by Gasteiger charge is -2.24. The van der Waals surface area contributed by atoms with Crippen molar-refractivity contribution >= 4 is 11.7 Å². The van der Waals surface area contributed by atoms with Crippen molar-refractivity contribution in [1.82, 2.24) is 24.9 Å². The number of likely N-dealkylation sites (tertiary alicyclic amines) is 1. The number of nitrogen functional groups attached to an aromatic ring is 1. The van der Waals surface area contributed by atoms with Crippen LogP contribution in [0.5, 0.6) is 0 Å². The van der Waals surface area contributed by atoms with E-state index in [4.69, 9.17) is 10.8 Å². The molecule has 2 aliphatic rings. The molecular weight excluding hydrogens is 328 g/mol. The molecule has 2 aromatic rings. The van der Waals surface area contributed by atoms with Gasteiger partial charge in [-0.3, -0.25) is 9.48 Å². The fourth-order valence-corrected chi connectivity index (χ4v) is 3.70. The van der Waals surface area contributed by atoms with Crippen LogP contribution in [0.4, 0.5) is 5.82 Å². The minimum absolute atomic E-state index is 0.0176. The Hall–Kier alpha value is -2.44. The summed E-state index contributed by atoms with van der Waals surface area (Å²) in [5.41, 5.74) is 8.02. The Morgan fingerprint density at radius 2 is 1.96 bits per heavy atom. The zero-order valence-corrected chi connectivity index (χ0v) is 15.6. The molecule has 2 N–H and O–H groups in total. The van der Waals surface area contributed by atoms with Gasteiger partial charge in [0.1, 0.15) is 5.82 Å². The maximum Gasteiger partial charge on any atom is 0.274 e. The number of nitrogens with two attached hydrogens (primary N) is 1. The Labute approximate surface area is 153 Å². The minimum atomic E-state index is -0.136. The Kier molecular flexibility index (Phi) is 3.97. The molecule has 7 heteroatoms. The predicted octanol–water partition coefficient (Wildman–Crippen LogP) is 2.87. The van der Waals surface area contributed by atoms with Gasteiger partial charge in [0, 0.05) is 18.2 Å². The summed E-state index contributed by atoms with van der Waals surface area (Å²) in [5.74, 6) is 0.916. The van der Waals surface area contributed by atoms with Crippen molar-refractivity contribution in [3.8, 4) is 0 Å². The molecule has 1 unspecified atom stereocenters. The maximum atomic E-state index is 13.2. The summed E-state index contributed by atoms with van der Waals surface area (Å²) in [6.45, 7) is 7.10. The largest absolute Gasteiger partial charge is 0.382 e. The van der Waals surface area contributed by atoms with Crippen LogP contribution in [0.1, 0.15) is 80.3 Å². The molecule has 0 spiro atoms. The molecule has 1 saturated carbocycles. The number of hydrogen-bond acceptors (Lipinski definition) is 5. The number of aromatic nitrogens is 4. The van der Waals surface area contributed by atoms with Crippen molar-refractivity contribution in [1.29, 1.82) is 0 Å². The number of rotatable bonds is 3. The molecule has 1 amide bonds. The lowest BCUT2D eigenvalue weighted by molar-refractivity contribution is 0.0724. The topological polar surface area (TPSA) is 89.9 Å². The van der Waals surface area contributed by atoms with Crippen LogP contribution in [0.3, 0.4) is 0 Å². The normalized spacial score (nSPS) is 20.6. The third kappa shape index (κ3) is 3.06. The standard InChI is InChI=1S/C19H26N6O/c1-19(2,3)25-16(12-6-7-12)11-14(23-25)18(26)24-10-4-5-15(24)13-8-9-17(20)22-21-13/h8-9,11-12,15H,4-7,10H2,1-3H3,(H2,20,22). The van der Waals surface area contributed by atoms with Crippen molar-refractivity contribution in [2.75, 3.05) is 12.3 Å². The van der Waals surface area contributed by atoms with Crippen LogP contribution in [-0.2, 0) is 5.54 Å². The molecule has 3 heterocycles. The number of carbonyl (C=O) groups is 1. The van der Waals surface area contributed by atoms with E-state index in [1.54, 1.807) is 6.07 Å². The number of amides is 1. The van der Waals surface area contributed by atoms with Gasteiger partial charge in [-0.15, -0.1) is 5.10 Å². The highest BCUT2D eigenvalue weighted by Crippen LogP contribution is 2.42. The molecule has 1 aliphatic carbocycles. The van der Waals surface area contributed by atoms with Gasteiger partial charge in [0.2, 0.25) is 0 Å². The quantitative estimate of drug-likeness (QED) is 0.915. The summed E-state index contributed by atoms with van der Waals surface area (Å²) < 4.78 is 2.03. The van der Waals surface area contributed by atoms with E-state index in [1.165, 1.54) is 18.5 Å². The zero-order chi connectivity index (χ0) is 18.5.